The van der Waals surface area contributed by atoms with E-state index in [1.54, 1.807) is 0 Å². The van der Waals surface area contributed by atoms with Crippen molar-refractivity contribution in [1.82, 2.24) is 5.32 Å². The number of rotatable bonds is 4. The molecule has 0 atom stereocenters. The summed E-state index contributed by atoms with van der Waals surface area (Å²) in [6, 6.07) is 1.68. The van der Waals surface area contributed by atoms with Crippen LogP contribution in [0, 0.1) is 17.0 Å². The van der Waals surface area contributed by atoms with Gasteiger partial charge in [0.2, 0.25) is 5.91 Å². The van der Waals surface area contributed by atoms with Crippen LogP contribution >= 0.6 is 11.6 Å². The molecule has 8 heteroatoms. The van der Waals surface area contributed by atoms with Crippen LogP contribution in [0.4, 0.5) is 8.78 Å². The number of nitrogens with one attached hydrogen (secondary N) is 1. The molecule has 0 radical (unpaired) electrons. The van der Waals surface area contributed by atoms with E-state index >= 15 is 0 Å². The number of benzene rings is 1. The normalized spacial score (nSPS) is 17.0. The number of carbonyl (C=O) groups excluding carboxylic acids is 1. The number of carbonyl (C=O) groups is 2. The van der Waals surface area contributed by atoms with Gasteiger partial charge in [-0.05, 0) is 25.0 Å². The van der Waals surface area contributed by atoms with Gasteiger partial charge in [-0.3, -0.25) is 9.59 Å². The quantitative estimate of drug-likeness (QED) is 0.653. The van der Waals surface area contributed by atoms with Crippen molar-refractivity contribution in [2.45, 2.75) is 19.4 Å². The van der Waals surface area contributed by atoms with E-state index in [0.717, 1.165) is 12.1 Å². The van der Waals surface area contributed by atoms with E-state index in [9.17, 15) is 23.5 Å². The van der Waals surface area contributed by atoms with Crippen LogP contribution in [-0.4, -0.2) is 30.2 Å². The molecule has 0 spiro atoms. The number of hydrogen-bond donors (Lipinski definition) is 2. The van der Waals surface area contributed by atoms with Gasteiger partial charge in [-0.2, -0.15) is 0 Å². The Morgan fingerprint density at radius 1 is 1.27 bits per heavy atom. The van der Waals surface area contributed by atoms with Crippen LogP contribution < -0.4 is 5.32 Å². The van der Waals surface area contributed by atoms with Crippen LogP contribution in [0.15, 0.2) is 12.1 Å². The molecule has 1 aromatic rings. The van der Waals surface area contributed by atoms with Gasteiger partial charge in [-0.15, -0.1) is 0 Å². The second-order valence-corrected chi connectivity index (χ2v) is 5.45. The highest BCUT2D eigenvalue weighted by Gasteiger charge is 2.47. The first-order chi connectivity index (χ1) is 10.4. The summed E-state index contributed by atoms with van der Waals surface area (Å²) in [7, 11) is 0. The molecule has 1 saturated heterocycles. The van der Waals surface area contributed by atoms with Crippen LogP contribution in [0.3, 0.4) is 0 Å². The van der Waals surface area contributed by atoms with Gasteiger partial charge in [0.25, 0.3) is 0 Å². The summed E-state index contributed by atoms with van der Waals surface area (Å²) >= 11 is 5.44. The van der Waals surface area contributed by atoms with Gasteiger partial charge in [0, 0.05) is 25.3 Å². The first-order valence-corrected chi connectivity index (χ1v) is 6.97. The predicted molar refractivity (Wildman–Crippen MR) is 73.3 cm³/mol. The molecule has 0 saturated carbocycles. The third-order valence-corrected chi connectivity index (χ3v) is 4.01. The minimum atomic E-state index is -1.60. The van der Waals surface area contributed by atoms with Crippen molar-refractivity contribution in [2.75, 3.05) is 13.2 Å². The number of aliphatic carboxylic acids is 1. The molecule has 0 aliphatic carbocycles. The van der Waals surface area contributed by atoms with Crippen molar-refractivity contribution in [3.05, 3.63) is 34.4 Å². The maximum Gasteiger partial charge on any atom is 0.319 e. The van der Waals surface area contributed by atoms with E-state index in [2.05, 4.69) is 5.32 Å². The summed E-state index contributed by atoms with van der Waals surface area (Å²) in [6.07, 6.45) is 0.0667. The molecule has 1 aliphatic heterocycles. The molecule has 1 fully saturated rings. The molecule has 5 nitrogen and oxygen atoms in total. The zero-order valence-corrected chi connectivity index (χ0v) is 12.3. The Kier molecular flexibility index (Phi) is 4.97. The fraction of sp³-hybridized carbons (Fsp3) is 0.429. The van der Waals surface area contributed by atoms with E-state index in [1.165, 1.54) is 0 Å². The minimum Gasteiger partial charge on any atom is -0.480 e. The molecule has 0 aromatic heterocycles. The number of carboxylic acid groups (broad SMARTS) is 1. The average molecular weight is 334 g/mol. The smallest absolute Gasteiger partial charge is 0.319 e. The maximum absolute atomic E-state index is 13.6. The summed E-state index contributed by atoms with van der Waals surface area (Å²) in [5.41, 5.74) is -1.71. The Hall–Kier alpha value is -1.73. The fourth-order valence-electron chi connectivity index (χ4n) is 2.30. The molecule has 0 unspecified atom stereocenters. The SMILES string of the molecule is O=C(O)C1(C(=O)NCc2cc(F)c(Cl)cc2F)CCOCC1. The number of ether oxygens (including phenoxy) is 1. The topological polar surface area (TPSA) is 75.6 Å². The van der Waals surface area contributed by atoms with Crippen molar-refractivity contribution in [2.24, 2.45) is 5.41 Å². The minimum absolute atomic E-state index is 0.0334. The fourth-order valence-corrected chi connectivity index (χ4v) is 2.45. The molecule has 2 N–H and O–H groups in total. The highest BCUT2D eigenvalue weighted by atomic mass is 35.5. The monoisotopic (exact) mass is 333 g/mol. The molecule has 0 bridgehead atoms. The lowest BCUT2D eigenvalue weighted by molar-refractivity contribution is -0.162. The molecule has 1 aromatic carbocycles. The highest BCUT2D eigenvalue weighted by Crippen LogP contribution is 2.31. The lowest BCUT2D eigenvalue weighted by Gasteiger charge is -2.31. The van der Waals surface area contributed by atoms with Crippen molar-refractivity contribution in [3.63, 3.8) is 0 Å². The Bertz CT molecular complexity index is 603. The summed E-state index contributed by atoms with van der Waals surface area (Å²) in [5.74, 6) is -3.58. The average Bonchev–Trinajstić information content (AvgIpc) is 2.49. The van der Waals surface area contributed by atoms with E-state index in [-0.39, 0.29) is 43.2 Å². The lowest BCUT2D eigenvalue weighted by atomic mass is 9.79. The lowest BCUT2D eigenvalue weighted by Crippen LogP contribution is -2.49. The van der Waals surface area contributed by atoms with E-state index in [1.807, 2.05) is 0 Å². The Morgan fingerprint density at radius 3 is 2.50 bits per heavy atom. The first-order valence-electron chi connectivity index (χ1n) is 6.60. The Morgan fingerprint density at radius 2 is 1.91 bits per heavy atom. The molecule has 1 heterocycles. The summed E-state index contributed by atoms with van der Waals surface area (Å²) in [5, 5.41) is 11.3. The molecular weight excluding hydrogens is 320 g/mol. The van der Waals surface area contributed by atoms with Gasteiger partial charge in [0.15, 0.2) is 5.41 Å². The van der Waals surface area contributed by atoms with E-state index in [0.29, 0.717) is 0 Å². The number of carboxylic acids is 1. The zero-order chi connectivity index (χ0) is 16.3. The summed E-state index contributed by atoms with van der Waals surface area (Å²) in [6.45, 7) is -0.0120. The van der Waals surface area contributed by atoms with E-state index in [4.69, 9.17) is 16.3 Å². The standard InChI is InChI=1S/C14H14ClF2NO4/c15-9-6-10(16)8(5-11(9)17)7-18-12(19)14(13(20)21)1-3-22-4-2-14/h5-6H,1-4,7H2,(H,18,19)(H,20,21). The van der Waals surface area contributed by atoms with Crippen molar-refractivity contribution in [1.29, 1.82) is 0 Å². The van der Waals surface area contributed by atoms with Gasteiger partial charge in [0.1, 0.15) is 11.6 Å². The summed E-state index contributed by atoms with van der Waals surface area (Å²) < 4.78 is 32.0. The van der Waals surface area contributed by atoms with Gasteiger partial charge < -0.3 is 15.2 Å². The van der Waals surface area contributed by atoms with Gasteiger partial charge in [0.05, 0.1) is 5.02 Å². The third kappa shape index (κ3) is 3.20. The third-order valence-electron chi connectivity index (χ3n) is 3.72. The Labute approximate surface area is 130 Å². The molecular formula is C14H14ClF2NO4. The maximum atomic E-state index is 13.6. The molecule has 120 valence electrons. The van der Waals surface area contributed by atoms with Crippen molar-refractivity contribution >= 4 is 23.5 Å². The number of amides is 1. The van der Waals surface area contributed by atoms with Crippen LogP contribution in [0.5, 0.6) is 0 Å². The van der Waals surface area contributed by atoms with Crippen LogP contribution in [0.2, 0.25) is 5.02 Å². The van der Waals surface area contributed by atoms with E-state index < -0.39 is 28.9 Å². The predicted octanol–water partition coefficient (Wildman–Crippen LogP) is 2.12. The molecule has 22 heavy (non-hydrogen) atoms. The number of halogens is 3. The van der Waals surface area contributed by atoms with Gasteiger partial charge in [-0.25, -0.2) is 8.78 Å². The Balaban J connectivity index is 2.11. The number of hydrogen-bond acceptors (Lipinski definition) is 3. The first kappa shape index (κ1) is 16.6. The van der Waals surface area contributed by atoms with Crippen LogP contribution in [0.25, 0.3) is 0 Å². The molecule has 2 rings (SSSR count). The largest absolute Gasteiger partial charge is 0.480 e. The van der Waals surface area contributed by atoms with Crippen LogP contribution in [0.1, 0.15) is 18.4 Å². The van der Waals surface area contributed by atoms with Crippen molar-refractivity contribution in [3.8, 4) is 0 Å². The second-order valence-electron chi connectivity index (χ2n) is 5.04. The second kappa shape index (κ2) is 6.58. The molecule has 1 aliphatic rings. The summed E-state index contributed by atoms with van der Waals surface area (Å²) in [4.78, 5) is 23.6. The van der Waals surface area contributed by atoms with Gasteiger partial charge >= 0.3 is 5.97 Å². The zero-order valence-electron chi connectivity index (χ0n) is 11.5. The highest BCUT2D eigenvalue weighted by molar-refractivity contribution is 6.30. The van der Waals surface area contributed by atoms with Crippen LogP contribution in [-0.2, 0) is 20.9 Å². The van der Waals surface area contributed by atoms with Crippen molar-refractivity contribution < 1.29 is 28.2 Å². The van der Waals surface area contributed by atoms with Gasteiger partial charge in [-0.1, -0.05) is 11.6 Å². The molecule has 1 amide bonds.